The summed E-state index contributed by atoms with van der Waals surface area (Å²) < 4.78 is 0. The van der Waals surface area contributed by atoms with Crippen LogP contribution in [0.2, 0.25) is 0 Å². The highest BCUT2D eigenvalue weighted by Crippen LogP contribution is 2.25. The Kier molecular flexibility index (Phi) is 1.16. The number of rotatable bonds is 1. The Morgan fingerprint density at radius 1 is 1.50 bits per heavy atom. The average Bonchev–Trinajstić information content (AvgIpc) is 2.44. The zero-order valence-electron chi connectivity index (χ0n) is 6.07. The van der Waals surface area contributed by atoms with E-state index in [0.29, 0.717) is 0 Å². The zero-order chi connectivity index (χ0) is 6.97. The van der Waals surface area contributed by atoms with Gasteiger partial charge < -0.3 is 5.32 Å². The molecule has 3 heteroatoms. The second kappa shape index (κ2) is 2.01. The number of anilines is 1. The summed E-state index contributed by atoms with van der Waals surface area (Å²) in [5, 5.41) is 10.2. The van der Waals surface area contributed by atoms with Gasteiger partial charge in [-0.2, -0.15) is 5.10 Å². The number of aromatic amines is 1. The molecule has 3 nitrogen and oxygen atoms in total. The van der Waals surface area contributed by atoms with Crippen molar-refractivity contribution in [1.82, 2.24) is 10.2 Å². The van der Waals surface area contributed by atoms with Crippen molar-refractivity contribution in [3.05, 3.63) is 11.3 Å². The molecule has 1 aliphatic rings. The van der Waals surface area contributed by atoms with Gasteiger partial charge in [-0.1, -0.05) is 0 Å². The van der Waals surface area contributed by atoms with Crippen LogP contribution >= 0.6 is 0 Å². The van der Waals surface area contributed by atoms with Crippen molar-refractivity contribution < 1.29 is 0 Å². The predicted octanol–water partition coefficient (Wildman–Crippen LogP) is 0.940. The molecular formula is C7H11N3. The van der Waals surface area contributed by atoms with E-state index in [9.17, 15) is 0 Å². The topological polar surface area (TPSA) is 40.7 Å². The third-order valence-corrected chi connectivity index (χ3v) is 2.04. The summed E-state index contributed by atoms with van der Waals surface area (Å²) in [7, 11) is 1.91. The molecule has 0 bridgehead atoms. The van der Waals surface area contributed by atoms with E-state index < -0.39 is 0 Å². The molecule has 0 saturated heterocycles. The number of nitrogens with zero attached hydrogens (tertiary/aromatic N) is 1. The number of fused-ring (bicyclic) bond motifs is 1. The maximum atomic E-state index is 4.12. The van der Waals surface area contributed by atoms with Crippen LogP contribution in [-0.2, 0) is 12.8 Å². The fraction of sp³-hybridized carbons (Fsp3) is 0.571. The lowest BCUT2D eigenvalue weighted by atomic mass is 10.2. The lowest BCUT2D eigenvalue weighted by Crippen LogP contribution is -1.91. The Hall–Kier alpha value is -0.990. The molecule has 2 rings (SSSR count). The lowest BCUT2D eigenvalue weighted by molar-refractivity contribution is 0.866. The molecule has 54 valence electrons. The van der Waals surface area contributed by atoms with E-state index in [-0.39, 0.29) is 0 Å². The Morgan fingerprint density at radius 3 is 3.20 bits per heavy atom. The van der Waals surface area contributed by atoms with Crippen LogP contribution in [0.4, 0.5) is 5.82 Å². The lowest BCUT2D eigenvalue weighted by Gasteiger charge is -1.93. The van der Waals surface area contributed by atoms with E-state index >= 15 is 0 Å². The van der Waals surface area contributed by atoms with Crippen molar-refractivity contribution in [1.29, 1.82) is 0 Å². The summed E-state index contributed by atoms with van der Waals surface area (Å²) >= 11 is 0. The molecule has 0 atom stereocenters. The first-order chi connectivity index (χ1) is 4.92. The number of H-pyrrole nitrogens is 1. The van der Waals surface area contributed by atoms with Crippen LogP contribution in [0.25, 0.3) is 0 Å². The maximum Gasteiger partial charge on any atom is 0.151 e. The van der Waals surface area contributed by atoms with Crippen molar-refractivity contribution in [3.63, 3.8) is 0 Å². The zero-order valence-corrected chi connectivity index (χ0v) is 6.07. The van der Waals surface area contributed by atoms with Gasteiger partial charge in [0.1, 0.15) is 0 Å². The minimum absolute atomic E-state index is 1.03. The molecule has 1 aromatic heterocycles. The van der Waals surface area contributed by atoms with E-state index in [4.69, 9.17) is 0 Å². The fourth-order valence-electron chi connectivity index (χ4n) is 1.53. The van der Waals surface area contributed by atoms with Gasteiger partial charge in [0.15, 0.2) is 5.82 Å². The molecule has 1 aromatic rings. The van der Waals surface area contributed by atoms with Crippen LogP contribution in [0.1, 0.15) is 17.7 Å². The SMILES string of the molecule is CNc1n[nH]c2c1CCC2. The predicted molar refractivity (Wildman–Crippen MR) is 40.2 cm³/mol. The first-order valence-corrected chi connectivity index (χ1v) is 3.65. The second-order valence-electron chi connectivity index (χ2n) is 2.63. The highest BCUT2D eigenvalue weighted by molar-refractivity contribution is 5.47. The Morgan fingerprint density at radius 2 is 2.40 bits per heavy atom. The molecule has 1 heterocycles. The third-order valence-electron chi connectivity index (χ3n) is 2.04. The van der Waals surface area contributed by atoms with Crippen LogP contribution in [0.3, 0.4) is 0 Å². The number of hydrogen-bond acceptors (Lipinski definition) is 2. The number of aryl methyl sites for hydroxylation is 1. The highest BCUT2D eigenvalue weighted by Gasteiger charge is 2.16. The van der Waals surface area contributed by atoms with Gasteiger partial charge in [0.2, 0.25) is 0 Å². The molecule has 0 amide bonds. The Balaban J connectivity index is 2.44. The molecule has 2 N–H and O–H groups in total. The van der Waals surface area contributed by atoms with Gasteiger partial charge in [0.25, 0.3) is 0 Å². The third kappa shape index (κ3) is 0.632. The quantitative estimate of drug-likeness (QED) is 0.604. The molecule has 0 spiro atoms. The van der Waals surface area contributed by atoms with Crippen LogP contribution in [0.5, 0.6) is 0 Å². The summed E-state index contributed by atoms with van der Waals surface area (Å²) in [6.45, 7) is 0. The molecule has 1 aliphatic carbocycles. The molecule has 0 aromatic carbocycles. The van der Waals surface area contributed by atoms with Gasteiger partial charge in [-0.05, 0) is 19.3 Å². The smallest absolute Gasteiger partial charge is 0.151 e. The number of hydrogen-bond donors (Lipinski definition) is 2. The normalized spacial score (nSPS) is 15.3. The summed E-state index contributed by atoms with van der Waals surface area (Å²) in [4.78, 5) is 0. The van der Waals surface area contributed by atoms with E-state index in [0.717, 1.165) is 5.82 Å². The Labute approximate surface area is 59.8 Å². The summed E-state index contributed by atoms with van der Waals surface area (Å²) in [5.41, 5.74) is 2.71. The molecule has 10 heavy (non-hydrogen) atoms. The van der Waals surface area contributed by atoms with E-state index in [1.54, 1.807) is 0 Å². The van der Waals surface area contributed by atoms with Crippen molar-refractivity contribution in [2.24, 2.45) is 0 Å². The van der Waals surface area contributed by atoms with Crippen LogP contribution in [0.15, 0.2) is 0 Å². The fourth-order valence-corrected chi connectivity index (χ4v) is 1.53. The largest absolute Gasteiger partial charge is 0.371 e. The van der Waals surface area contributed by atoms with Gasteiger partial charge in [0.05, 0.1) is 0 Å². The molecule has 0 unspecified atom stereocenters. The number of aromatic nitrogens is 2. The van der Waals surface area contributed by atoms with Gasteiger partial charge in [-0.3, -0.25) is 5.10 Å². The Bertz CT molecular complexity index is 239. The van der Waals surface area contributed by atoms with Gasteiger partial charge in [-0.25, -0.2) is 0 Å². The average molecular weight is 137 g/mol. The van der Waals surface area contributed by atoms with Crippen molar-refractivity contribution in [2.45, 2.75) is 19.3 Å². The maximum absolute atomic E-state index is 4.12. The highest BCUT2D eigenvalue weighted by atomic mass is 15.2. The van der Waals surface area contributed by atoms with Crippen molar-refractivity contribution >= 4 is 5.82 Å². The van der Waals surface area contributed by atoms with Crippen molar-refractivity contribution in [2.75, 3.05) is 12.4 Å². The second-order valence-corrected chi connectivity index (χ2v) is 2.63. The first kappa shape index (κ1) is 5.77. The van der Waals surface area contributed by atoms with Crippen molar-refractivity contribution in [3.8, 4) is 0 Å². The molecule has 0 aliphatic heterocycles. The summed E-state index contributed by atoms with van der Waals surface area (Å²) in [6.07, 6.45) is 3.63. The van der Waals surface area contributed by atoms with Gasteiger partial charge in [-0.15, -0.1) is 0 Å². The van der Waals surface area contributed by atoms with E-state index in [1.165, 1.54) is 30.5 Å². The van der Waals surface area contributed by atoms with Crippen LogP contribution in [-0.4, -0.2) is 17.2 Å². The monoisotopic (exact) mass is 137 g/mol. The standard InChI is InChI=1S/C7H11N3/c1-8-7-5-3-2-4-6(5)9-10-7/h2-4H2,1H3,(H2,8,9,10). The van der Waals surface area contributed by atoms with Gasteiger partial charge in [0, 0.05) is 18.3 Å². The molecule has 0 saturated carbocycles. The first-order valence-electron chi connectivity index (χ1n) is 3.65. The minimum Gasteiger partial charge on any atom is -0.371 e. The minimum atomic E-state index is 1.03. The summed E-state index contributed by atoms with van der Waals surface area (Å²) in [6, 6.07) is 0. The molecular weight excluding hydrogens is 126 g/mol. The van der Waals surface area contributed by atoms with Crippen LogP contribution < -0.4 is 5.32 Å². The number of nitrogens with one attached hydrogen (secondary N) is 2. The van der Waals surface area contributed by atoms with Crippen LogP contribution in [0, 0.1) is 0 Å². The van der Waals surface area contributed by atoms with E-state index in [1.807, 2.05) is 7.05 Å². The molecule has 0 radical (unpaired) electrons. The molecule has 0 fully saturated rings. The van der Waals surface area contributed by atoms with E-state index in [2.05, 4.69) is 15.5 Å². The van der Waals surface area contributed by atoms with Gasteiger partial charge >= 0.3 is 0 Å². The summed E-state index contributed by atoms with van der Waals surface area (Å²) in [5.74, 6) is 1.03.